The first-order valence-electron chi connectivity index (χ1n) is 6.59. The molecule has 3 unspecified atom stereocenters. The van der Waals surface area contributed by atoms with Gasteiger partial charge >= 0.3 is 5.97 Å². The van der Waals surface area contributed by atoms with Crippen molar-refractivity contribution in [3.05, 3.63) is 0 Å². The number of carbonyl (C=O) groups excluding carboxylic acids is 1. The Balaban J connectivity index is 4.30. The first-order valence-corrected chi connectivity index (χ1v) is 7.64. The summed E-state index contributed by atoms with van der Waals surface area (Å²) in [5.41, 5.74) is -0.629. The summed E-state index contributed by atoms with van der Waals surface area (Å²) in [6.07, 6.45) is 0.365. The van der Waals surface area contributed by atoms with Crippen LogP contribution in [-0.4, -0.2) is 46.9 Å². The second-order valence-corrected chi connectivity index (χ2v) is 6.13. The van der Waals surface area contributed by atoms with E-state index < -0.39 is 5.54 Å². The minimum Gasteiger partial charge on any atom is -0.465 e. The minimum absolute atomic E-state index is 0.179. The number of carbonyl (C=O) groups is 1. The summed E-state index contributed by atoms with van der Waals surface area (Å²) in [6, 6.07) is 0. The zero-order valence-electron chi connectivity index (χ0n) is 12.2. The van der Waals surface area contributed by atoms with E-state index in [2.05, 4.69) is 5.32 Å². The molecule has 0 aliphatic heterocycles. The fourth-order valence-electron chi connectivity index (χ4n) is 1.53. The van der Waals surface area contributed by atoms with E-state index in [1.165, 1.54) is 0 Å². The van der Waals surface area contributed by atoms with Crippen LogP contribution in [0.2, 0.25) is 0 Å². The Labute approximate surface area is 115 Å². The Morgan fingerprint density at radius 1 is 1.44 bits per heavy atom. The monoisotopic (exact) mass is 277 g/mol. The van der Waals surface area contributed by atoms with Crippen molar-refractivity contribution in [2.24, 2.45) is 0 Å². The molecular weight excluding hydrogens is 250 g/mol. The Kier molecular flexibility index (Phi) is 8.65. The van der Waals surface area contributed by atoms with Crippen LogP contribution < -0.4 is 5.32 Å². The quantitative estimate of drug-likeness (QED) is 0.630. The van der Waals surface area contributed by atoms with Gasteiger partial charge in [0, 0.05) is 5.25 Å². The summed E-state index contributed by atoms with van der Waals surface area (Å²) in [7, 11) is 0. The highest BCUT2D eigenvalue weighted by Gasteiger charge is 2.33. The van der Waals surface area contributed by atoms with Crippen molar-refractivity contribution in [3.63, 3.8) is 0 Å². The van der Waals surface area contributed by atoms with E-state index in [9.17, 15) is 9.90 Å². The number of hydrogen-bond donors (Lipinski definition) is 2. The zero-order chi connectivity index (χ0) is 14.2. The van der Waals surface area contributed by atoms with Crippen LogP contribution in [0.15, 0.2) is 0 Å². The highest BCUT2D eigenvalue weighted by molar-refractivity contribution is 7.99. The van der Waals surface area contributed by atoms with Gasteiger partial charge < -0.3 is 15.2 Å². The summed E-state index contributed by atoms with van der Waals surface area (Å²) in [5.74, 6) is 0.617. The van der Waals surface area contributed by atoms with Crippen LogP contribution in [0.5, 0.6) is 0 Å². The summed E-state index contributed by atoms with van der Waals surface area (Å²) in [5, 5.41) is 12.8. The van der Waals surface area contributed by atoms with Gasteiger partial charge in [-0.25, -0.2) is 0 Å². The van der Waals surface area contributed by atoms with Gasteiger partial charge in [0.15, 0.2) is 0 Å². The molecule has 0 saturated heterocycles. The molecule has 0 rings (SSSR count). The van der Waals surface area contributed by atoms with Crippen molar-refractivity contribution in [1.82, 2.24) is 5.32 Å². The maximum absolute atomic E-state index is 11.9. The molecule has 108 valence electrons. The molecular formula is C13H27NO3S. The number of rotatable bonds is 9. The number of ether oxygens (including phenoxy) is 1. The lowest BCUT2D eigenvalue weighted by Gasteiger charge is -2.28. The lowest BCUT2D eigenvalue weighted by Crippen LogP contribution is -2.51. The highest BCUT2D eigenvalue weighted by atomic mass is 32.2. The average molecular weight is 277 g/mol. The van der Waals surface area contributed by atoms with Crippen molar-refractivity contribution in [2.45, 2.75) is 57.9 Å². The SMILES string of the molecule is CCNC(C)(CCSC(C)C(C)O)C(=O)OCC. The number of thioether (sulfide) groups is 1. The second-order valence-electron chi connectivity index (χ2n) is 4.65. The van der Waals surface area contributed by atoms with Gasteiger partial charge in [-0.2, -0.15) is 11.8 Å². The number of hydrogen-bond acceptors (Lipinski definition) is 5. The van der Waals surface area contributed by atoms with Gasteiger partial charge in [0.05, 0.1) is 12.7 Å². The average Bonchev–Trinajstić information content (AvgIpc) is 2.29. The predicted molar refractivity (Wildman–Crippen MR) is 76.9 cm³/mol. The highest BCUT2D eigenvalue weighted by Crippen LogP contribution is 2.21. The van der Waals surface area contributed by atoms with Crippen molar-refractivity contribution in [3.8, 4) is 0 Å². The Bertz CT molecular complexity index is 248. The molecule has 0 amide bonds. The van der Waals surface area contributed by atoms with E-state index in [4.69, 9.17) is 4.74 Å². The molecule has 3 atom stereocenters. The lowest BCUT2D eigenvalue weighted by atomic mass is 9.99. The maximum Gasteiger partial charge on any atom is 0.326 e. The van der Waals surface area contributed by atoms with Gasteiger partial charge in [-0.15, -0.1) is 0 Å². The van der Waals surface area contributed by atoms with Crippen molar-refractivity contribution in [1.29, 1.82) is 0 Å². The fraction of sp³-hybridized carbons (Fsp3) is 0.923. The largest absolute Gasteiger partial charge is 0.465 e. The van der Waals surface area contributed by atoms with Crippen LogP contribution in [0, 0.1) is 0 Å². The molecule has 0 saturated carbocycles. The molecule has 0 aliphatic rings. The summed E-state index contributed by atoms with van der Waals surface area (Å²) in [4.78, 5) is 11.9. The first kappa shape index (κ1) is 17.7. The Morgan fingerprint density at radius 3 is 2.50 bits per heavy atom. The molecule has 18 heavy (non-hydrogen) atoms. The van der Waals surface area contributed by atoms with Gasteiger partial charge in [0.2, 0.25) is 0 Å². The number of aliphatic hydroxyl groups is 1. The van der Waals surface area contributed by atoms with Crippen LogP contribution in [-0.2, 0) is 9.53 Å². The van der Waals surface area contributed by atoms with Gasteiger partial charge in [-0.05, 0) is 39.5 Å². The van der Waals surface area contributed by atoms with E-state index in [-0.39, 0.29) is 17.3 Å². The van der Waals surface area contributed by atoms with E-state index in [1.54, 1.807) is 18.7 Å². The molecule has 0 radical (unpaired) electrons. The molecule has 4 nitrogen and oxygen atoms in total. The Hall–Kier alpha value is -0.260. The van der Waals surface area contributed by atoms with Crippen LogP contribution in [0.4, 0.5) is 0 Å². The number of esters is 1. The molecule has 0 aromatic carbocycles. The van der Waals surface area contributed by atoms with Crippen molar-refractivity contribution >= 4 is 17.7 Å². The normalized spacial score (nSPS) is 17.9. The smallest absolute Gasteiger partial charge is 0.326 e. The molecule has 5 heteroatoms. The summed E-state index contributed by atoms with van der Waals surface area (Å²) >= 11 is 1.67. The van der Waals surface area contributed by atoms with Crippen LogP contribution >= 0.6 is 11.8 Å². The second kappa shape index (κ2) is 8.77. The molecule has 2 N–H and O–H groups in total. The minimum atomic E-state index is -0.629. The van der Waals surface area contributed by atoms with Gasteiger partial charge in [0.1, 0.15) is 5.54 Å². The van der Waals surface area contributed by atoms with E-state index >= 15 is 0 Å². The number of likely N-dealkylation sites (N-methyl/N-ethyl adjacent to an activating group) is 1. The molecule has 0 aliphatic carbocycles. The van der Waals surface area contributed by atoms with E-state index in [1.807, 2.05) is 27.7 Å². The van der Waals surface area contributed by atoms with Gasteiger partial charge in [0.25, 0.3) is 0 Å². The fourth-order valence-corrected chi connectivity index (χ4v) is 2.71. The van der Waals surface area contributed by atoms with E-state index in [0.717, 1.165) is 12.3 Å². The molecule has 0 spiro atoms. The van der Waals surface area contributed by atoms with E-state index in [0.29, 0.717) is 13.0 Å². The molecule has 0 heterocycles. The third-order valence-corrected chi connectivity index (χ3v) is 4.31. The maximum atomic E-state index is 11.9. The molecule has 0 aromatic heterocycles. The predicted octanol–water partition coefficient (Wildman–Crippen LogP) is 1.81. The molecule has 0 aromatic rings. The summed E-state index contributed by atoms with van der Waals surface area (Å²) < 4.78 is 5.10. The Morgan fingerprint density at radius 2 is 2.06 bits per heavy atom. The van der Waals surface area contributed by atoms with Crippen LogP contribution in [0.25, 0.3) is 0 Å². The number of aliphatic hydroxyl groups excluding tert-OH is 1. The van der Waals surface area contributed by atoms with Crippen LogP contribution in [0.1, 0.15) is 41.0 Å². The zero-order valence-corrected chi connectivity index (χ0v) is 13.0. The summed E-state index contributed by atoms with van der Waals surface area (Å²) in [6.45, 7) is 10.6. The molecule has 0 bridgehead atoms. The van der Waals surface area contributed by atoms with Gasteiger partial charge in [-0.3, -0.25) is 4.79 Å². The van der Waals surface area contributed by atoms with Crippen LogP contribution in [0.3, 0.4) is 0 Å². The standard InChI is InChI=1S/C13H27NO3S/c1-6-14-13(5,12(16)17-7-2)8-9-18-11(4)10(3)15/h10-11,14-15H,6-9H2,1-5H3. The van der Waals surface area contributed by atoms with Gasteiger partial charge in [-0.1, -0.05) is 13.8 Å². The van der Waals surface area contributed by atoms with Crippen molar-refractivity contribution < 1.29 is 14.6 Å². The molecule has 0 fully saturated rings. The third kappa shape index (κ3) is 6.07. The lowest BCUT2D eigenvalue weighted by molar-refractivity contribution is -0.150. The topological polar surface area (TPSA) is 58.6 Å². The van der Waals surface area contributed by atoms with Crippen molar-refractivity contribution in [2.75, 3.05) is 18.9 Å². The number of nitrogens with one attached hydrogen (secondary N) is 1. The third-order valence-electron chi connectivity index (χ3n) is 2.96. The first-order chi connectivity index (χ1) is 8.37.